The molecular formula is C17H16FN3O2S. The highest BCUT2D eigenvalue weighted by Crippen LogP contribution is 2.28. The first-order chi connectivity index (χ1) is 11.5. The third kappa shape index (κ3) is 2.95. The summed E-state index contributed by atoms with van der Waals surface area (Å²) in [6.07, 6.45) is 2.83. The first-order valence-corrected chi connectivity index (χ1v) is 8.75. The van der Waals surface area contributed by atoms with Gasteiger partial charge in [-0.25, -0.2) is 17.4 Å². The molecule has 2 heterocycles. The zero-order chi connectivity index (χ0) is 17.2. The number of pyridine rings is 1. The van der Waals surface area contributed by atoms with Gasteiger partial charge in [-0.3, -0.25) is 0 Å². The van der Waals surface area contributed by atoms with E-state index >= 15 is 0 Å². The first-order valence-electron chi connectivity index (χ1n) is 7.31. The predicted octanol–water partition coefficient (Wildman–Crippen LogP) is 2.65. The van der Waals surface area contributed by atoms with E-state index < -0.39 is 16.0 Å². The van der Waals surface area contributed by atoms with Crippen LogP contribution in [0.1, 0.15) is 5.56 Å². The molecule has 0 saturated heterocycles. The lowest BCUT2D eigenvalue weighted by atomic mass is 10.2. The molecule has 3 aromatic rings. The summed E-state index contributed by atoms with van der Waals surface area (Å²) in [5, 5.41) is 2.96. The van der Waals surface area contributed by atoms with Crippen molar-refractivity contribution < 1.29 is 12.8 Å². The molecule has 0 aliphatic carbocycles. The van der Waals surface area contributed by atoms with Crippen molar-refractivity contribution in [3.8, 4) is 11.3 Å². The Bertz CT molecular complexity index is 953. The monoisotopic (exact) mass is 345 g/mol. The largest absolute Gasteiger partial charge is 0.316 e. The van der Waals surface area contributed by atoms with Crippen LogP contribution in [0.5, 0.6) is 0 Å². The Labute approximate surface area is 139 Å². The Morgan fingerprint density at radius 1 is 1.17 bits per heavy atom. The second-order valence-corrected chi connectivity index (χ2v) is 7.03. The molecule has 0 bridgehead atoms. The van der Waals surface area contributed by atoms with E-state index in [2.05, 4.69) is 10.3 Å². The molecule has 3 rings (SSSR count). The lowest BCUT2D eigenvalue weighted by Crippen LogP contribution is -2.13. The van der Waals surface area contributed by atoms with Crippen molar-refractivity contribution in [3.63, 3.8) is 0 Å². The zero-order valence-electron chi connectivity index (χ0n) is 13.0. The van der Waals surface area contributed by atoms with Gasteiger partial charge in [-0.05, 0) is 42.9 Å². The average Bonchev–Trinajstić information content (AvgIpc) is 3.01. The first kappa shape index (κ1) is 16.4. The van der Waals surface area contributed by atoms with Crippen LogP contribution in [0.25, 0.3) is 11.3 Å². The average molecular weight is 345 g/mol. The fraction of sp³-hybridized carbons (Fsp3) is 0.118. The Hall–Kier alpha value is -2.51. The Kier molecular flexibility index (Phi) is 4.46. The van der Waals surface area contributed by atoms with Gasteiger partial charge in [0, 0.05) is 18.9 Å². The van der Waals surface area contributed by atoms with Gasteiger partial charge in [0.05, 0.1) is 16.2 Å². The van der Waals surface area contributed by atoms with E-state index in [4.69, 9.17) is 0 Å². The van der Waals surface area contributed by atoms with Crippen LogP contribution in [-0.2, 0) is 16.6 Å². The normalized spacial score (nSPS) is 11.6. The fourth-order valence-corrected chi connectivity index (χ4v) is 3.89. The summed E-state index contributed by atoms with van der Waals surface area (Å²) in [7, 11) is -2.08. The van der Waals surface area contributed by atoms with Crippen molar-refractivity contribution in [2.45, 2.75) is 11.4 Å². The van der Waals surface area contributed by atoms with Gasteiger partial charge in [-0.2, -0.15) is 4.39 Å². The molecule has 2 aromatic heterocycles. The summed E-state index contributed by atoms with van der Waals surface area (Å²) >= 11 is 0. The number of aromatic nitrogens is 2. The molecule has 7 heteroatoms. The predicted molar refractivity (Wildman–Crippen MR) is 89.4 cm³/mol. The molecule has 0 aliphatic rings. The minimum atomic E-state index is -3.84. The quantitative estimate of drug-likeness (QED) is 0.722. The Morgan fingerprint density at radius 2 is 1.92 bits per heavy atom. The second-order valence-electron chi connectivity index (χ2n) is 5.22. The van der Waals surface area contributed by atoms with Crippen LogP contribution in [-0.4, -0.2) is 24.4 Å². The van der Waals surface area contributed by atoms with Gasteiger partial charge >= 0.3 is 0 Å². The number of rotatable bonds is 5. The summed E-state index contributed by atoms with van der Waals surface area (Å²) in [6.45, 7) is 0.464. The molecule has 1 N–H and O–H groups in total. The molecule has 0 unspecified atom stereocenters. The smallest absolute Gasteiger partial charge is 0.268 e. The second kappa shape index (κ2) is 6.54. The van der Waals surface area contributed by atoms with E-state index in [1.807, 2.05) is 0 Å². The standard InChI is InChI=1S/C17H16FN3O2S/c1-19-11-13-10-16(15-8-5-9-20-17(15)18)21(12-13)24(22,23)14-6-3-2-4-7-14/h2-10,12,19H,11H2,1H3. The Morgan fingerprint density at radius 3 is 2.58 bits per heavy atom. The molecule has 0 aliphatic heterocycles. The number of benzene rings is 1. The van der Waals surface area contributed by atoms with Crippen molar-refractivity contribution in [2.24, 2.45) is 0 Å². The molecular weight excluding hydrogens is 329 g/mol. The van der Waals surface area contributed by atoms with Crippen LogP contribution in [0.15, 0.2) is 65.8 Å². The van der Waals surface area contributed by atoms with Gasteiger partial charge in [0.15, 0.2) is 0 Å². The minimum Gasteiger partial charge on any atom is -0.316 e. The highest BCUT2D eigenvalue weighted by Gasteiger charge is 2.23. The fourth-order valence-electron chi connectivity index (χ4n) is 2.48. The Balaban J connectivity index is 2.23. The van der Waals surface area contributed by atoms with E-state index in [0.717, 1.165) is 9.54 Å². The number of nitrogens with zero attached hydrogens (tertiary/aromatic N) is 2. The van der Waals surface area contributed by atoms with Crippen LogP contribution in [0, 0.1) is 5.95 Å². The van der Waals surface area contributed by atoms with Crippen molar-refractivity contribution >= 4 is 10.0 Å². The SMILES string of the molecule is CNCc1cc(-c2cccnc2F)n(S(=O)(=O)c2ccccc2)c1. The maximum absolute atomic E-state index is 14.1. The number of hydrogen-bond donors (Lipinski definition) is 1. The third-order valence-corrected chi connectivity index (χ3v) is 5.25. The van der Waals surface area contributed by atoms with Crippen LogP contribution in [0.4, 0.5) is 4.39 Å². The zero-order valence-corrected chi connectivity index (χ0v) is 13.8. The molecule has 24 heavy (non-hydrogen) atoms. The van der Waals surface area contributed by atoms with Gasteiger partial charge in [-0.15, -0.1) is 0 Å². The molecule has 5 nitrogen and oxygen atoms in total. The van der Waals surface area contributed by atoms with Gasteiger partial charge in [0.25, 0.3) is 10.0 Å². The van der Waals surface area contributed by atoms with Gasteiger partial charge < -0.3 is 5.32 Å². The third-order valence-electron chi connectivity index (χ3n) is 3.56. The molecule has 0 amide bonds. The molecule has 0 radical (unpaired) electrons. The van der Waals surface area contributed by atoms with E-state index in [1.165, 1.54) is 30.6 Å². The van der Waals surface area contributed by atoms with E-state index in [9.17, 15) is 12.8 Å². The van der Waals surface area contributed by atoms with Gasteiger partial charge in [0.1, 0.15) is 0 Å². The molecule has 124 valence electrons. The minimum absolute atomic E-state index is 0.138. The van der Waals surface area contributed by atoms with E-state index in [-0.39, 0.29) is 16.2 Å². The van der Waals surface area contributed by atoms with Crippen LogP contribution in [0.2, 0.25) is 0 Å². The summed E-state index contributed by atoms with van der Waals surface area (Å²) < 4.78 is 41.1. The highest BCUT2D eigenvalue weighted by molar-refractivity contribution is 7.90. The van der Waals surface area contributed by atoms with Crippen molar-refractivity contribution in [1.82, 2.24) is 14.3 Å². The van der Waals surface area contributed by atoms with E-state index in [1.54, 1.807) is 37.4 Å². The molecule has 0 fully saturated rings. The van der Waals surface area contributed by atoms with Crippen molar-refractivity contribution in [3.05, 3.63) is 72.4 Å². The summed E-state index contributed by atoms with van der Waals surface area (Å²) in [5.74, 6) is -0.712. The van der Waals surface area contributed by atoms with Crippen molar-refractivity contribution in [2.75, 3.05) is 7.05 Å². The number of nitrogens with one attached hydrogen (secondary N) is 1. The topological polar surface area (TPSA) is 64.0 Å². The van der Waals surface area contributed by atoms with Crippen molar-refractivity contribution in [1.29, 1.82) is 0 Å². The van der Waals surface area contributed by atoms with Crippen LogP contribution in [0.3, 0.4) is 0 Å². The van der Waals surface area contributed by atoms with Gasteiger partial charge in [0.2, 0.25) is 5.95 Å². The highest BCUT2D eigenvalue weighted by atomic mass is 32.2. The van der Waals surface area contributed by atoms with Gasteiger partial charge in [-0.1, -0.05) is 18.2 Å². The van der Waals surface area contributed by atoms with E-state index in [0.29, 0.717) is 6.54 Å². The van der Waals surface area contributed by atoms with Crippen LogP contribution >= 0.6 is 0 Å². The number of hydrogen-bond acceptors (Lipinski definition) is 4. The lowest BCUT2D eigenvalue weighted by molar-refractivity contribution is 0.583. The molecule has 0 spiro atoms. The molecule has 0 saturated carbocycles. The molecule has 1 aromatic carbocycles. The van der Waals surface area contributed by atoms with Crippen LogP contribution < -0.4 is 5.32 Å². The summed E-state index contributed by atoms with van der Waals surface area (Å²) in [5.41, 5.74) is 1.12. The maximum atomic E-state index is 14.1. The molecule has 0 atom stereocenters. The lowest BCUT2D eigenvalue weighted by Gasteiger charge is -2.10. The summed E-state index contributed by atoms with van der Waals surface area (Å²) in [6, 6.07) is 12.8. The maximum Gasteiger partial charge on any atom is 0.268 e. The number of halogens is 1. The summed E-state index contributed by atoms with van der Waals surface area (Å²) in [4.78, 5) is 3.76.